The average Bonchev–Trinajstić information content (AvgIpc) is 3.11. The number of nitrogens with one attached hydrogen (secondary N) is 1. The molecule has 1 heterocycles. The SMILES string of the molecule is Cc1cc2nc(-c3ccc(C)c(NC(=O)COc4c(C)cc(Cl)cc4Cl)c3)oc2cc1C. The summed E-state index contributed by atoms with van der Waals surface area (Å²) < 4.78 is 11.6. The number of anilines is 1. The van der Waals surface area contributed by atoms with Gasteiger partial charge in [0.1, 0.15) is 11.3 Å². The summed E-state index contributed by atoms with van der Waals surface area (Å²) in [5.41, 5.74) is 6.94. The molecule has 0 spiro atoms. The minimum absolute atomic E-state index is 0.187. The normalized spacial score (nSPS) is 11.1. The molecule has 5 nitrogen and oxygen atoms in total. The number of oxazole rings is 1. The summed E-state index contributed by atoms with van der Waals surface area (Å²) in [5.74, 6) is 0.633. The fourth-order valence-electron chi connectivity index (χ4n) is 3.39. The molecule has 0 saturated heterocycles. The van der Waals surface area contributed by atoms with Crippen LogP contribution in [0.1, 0.15) is 22.3 Å². The first-order valence-corrected chi connectivity index (χ1v) is 10.8. The molecular weight excluding hydrogens is 447 g/mol. The molecule has 1 amide bonds. The van der Waals surface area contributed by atoms with Crippen molar-refractivity contribution in [3.8, 4) is 17.2 Å². The summed E-state index contributed by atoms with van der Waals surface area (Å²) in [7, 11) is 0. The van der Waals surface area contributed by atoms with E-state index in [-0.39, 0.29) is 12.5 Å². The van der Waals surface area contributed by atoms with Crippen molar-refractivity contribution in [3.05, 3.63) is 74.8 Å². The van der Waals surface area contributed by atoms with Crippen LogP contribution in [0.3, 0.4) is 0 Å². The number of nitrogens with zero attached hydrogens (tertiary/aromatic N) is 1. The van der Waals surface area contributed by atoms with Crippen molar-refractivity contribution in [1.82, 2.24) is 4.98 Å². The molecule has 0 unspecified atom stereocenters. The Balaban J connectivity index is 1.52. The second-order valence-electron chi connectivity index (χ2n) is 7.82. The quantitative estimate of drug-likeness (QED) is 0.340. The van der Waals surface area contributed by atoms with E-state index in [4.69, 9.17) is 32.4 Å². The van der Waals surface area contributed by atoms with Gasteiger partial charge in [-0.05, 0) is 86.3 Å². The number of ether oxygens (including phenoxy) is 1. The highest BCUT2D eigenvalue weighted by Crippen LogP contribution is 2.32. The lowest BCUT2D eigenvalue weighted by molar-refractivity contribution is -0.118. The molecule has 1 N–H and O–H groups in total. The number of hydrogen-bond acceptors (Lipinski definition) is 4. The Morgan fingerprint density at radius 1 is 0.969 bits per heavy atom. The summed E-state index contributed by atoms with van der Waals surface area (Å²) >= 11 is 12.2. The summed E-state index contributed by atoms with van der Waals surface area (Å²) in [5, 5.41) is 3.77. The van der Waals surface area contributed by atoms with Crippen molar-refractivity contribution in [1.29, 1.82) is 0 Å². The monoisotopic (exact) mass is 468 g/mol. The van der Waals surface area contributed by atoms with E-state index < -0.39 is 0 Å². The van der Waals surface area contributed by atoms with Crippen LogP contribution in [0.4, 0.5) is 5.69 Å². The molecule has 0 bridgehead atoms. The van der Waals surface area contributed by atoms with E-state index in [0.29, 0.717) is 27.4 Å². The highest BCUT2D eigenvalue weighted by molar-refractivity contribution is 6.35. The Morgan fingerprint density at radius 2 is 1.72 bits per heavy atom. The number of carbonyl (C=O) groups excluding carboxylic acids is 1. The van der Waals surface area contributed by atoms with Crippen LogP contribution in [0.5, 0.6) is 5.75 Å². The Labute approximate surface area is 196 Å². The fraction of sp³-hybridized carbons (Fsp3) is 0.200. The molecule has 0 aliphatic rings. The molecule has 0 saturated carbocycles. The topological polar surface area (TPSA) is 64.4 Å². The Bertz CT molecular complexity index is 1280. The maximum Gasteiger partial charge on any atom is 0.262 e. The summed E-state index contributed by atoms with van der Waals surface area (Å²) in [6.07, 6.45) is 0. The van der Waals surface area contributed by atoms with Gasteiger partial charge in [-0.25, -0.2) is 4.98 Å². The number of aryl methyl sites for hydroxylation is 4. The number of fused-ring (bicyclic) bond motifs is 1. The van der Waals surface area contributed by atoms with Crippen molar-refractivity contribution in [3.63, 3.8) is 0 Å². The van der Waals surface area contributed by atoms with Crippen LogP contribution >= 0.6 is 23.2 Å². The molecule has 0 aliphatic carbocycles. The molecule has 4 rings (SSSR count). The third-order valence-corrected chi connectivity index (χ3v) is 5.80. The lowest BCUT2D eigenvalue weighted by atomic mass is 10.1. The molecule has 4 aromatic rings. The molecule has 0 radical (unpaired) electrons. The highest BCUT2D eigenvalue weighted by atomic mass is 35.5. The zero-order valence-corrected chi connectivity index (χ0v) is 19.7. The van der Waals surface area contributed by atoms with Crippen LogP contribution in [0.25, 0.3) is 22.6 Å². The predicted octanol–water partition coefficient (Wildman–Crippen LogP) is 7.05. The smallest absolute Gasteiger partial charge is 0.262 e. The largest absolute Gasteiger partial charge is 0.482 e. The molecule has 1 aromatic heterocycles. The highest BCUT2D eigenvalue weighted by Gasteiger charge is 2.14. The van der Waals surface area contributed by atoms with Crippen molar-refractivity contribution in [2.75, 3.05) is 11.9 Å². The van der Waals surface area contributed by atoms with Crippen LogP contribution in [-0.2, 0) is 4.79 Å². The van der Waals surface area contributed by atoms with Gasteiger partial charge in [-0.1, -0.05) is 29.3 Å². The third-order valence-electron chi connectivity index (χ3n) is 5.30. The molecule has 3 aromatic carbocycles. The number of amides is 1. The molecule has 32 heavy (non-hydrogen) atoms. The maximum absolute atomic E-state index is 12.5. The number of carbonyl (C=O) groups is 1. The molecule has 164 valence electrons. The lowest BCUT2D eigenvalue weighted by Crippen LogP contribution is -2.21. The second-order valence-corrected chi connectivity index (χ2v) is 8.67. The van der Waals surface area contributed by atoms with Crippen LogP contribution in [0.2, 0.25) is 10.0 Å². The number of halogens is 2. The number of hydrogen-bond donors (Lipinski definition) is 1. The zero-order chi connectivity index (χ0) is 23.0. The summed E-state index contributed by atoms with van der Waals surface area (Å²) in [4.78, 5) is 17.2. The fourth-order valence-corrected chi connectivity index (χ4v) is 4.04. The van der Waals surface area contributed by atoms with Gasteiger partial charge in [-0.15, -0.1) is 0 Å². The van der Waals surface area contributed by atoms with Gasteiger partial charge in [0, 0.05) is 16.3 Å². The van der Waals surface area contributed by atoms with Crippen LogP contribution in [-0.4, -0.2) is 17.5 Å². The van der Waals surface area contributed by atoms with Gasteiger partial charge in [0.25, 0.3) is 5.91 Å². The predicted molar refractivity (Wildman–Crippen MR) is 129 cm³/mol. The van der Waals surface area contributed by atoms with Crippen LogP contribution in [0.15, 0.2) is 46.9 Å². The minimum atomic E-state index is -0.306. The van der Waals surface area contributed by atoms with E-state index in [0.717, 1.165) is 38.9 Å². The van der Waals surface area contributed by atoms with E-state index in [9.17, 15) is 4.79 Å². The van der Waals surface area contributed by atoms with Gasteiger partial charge >= 0.3 is 0 Å². The van der Waals surface area contributed by atoms with Gasteiger partial charge < -0.3 is 14.5 Å². The van der Waals surface area contributed by atoms with Crippen LogP contribution < -0.4 is 10.1 Å². The summed E-state index contributed by atoms with van der Waals surface area (Å²) in [6, 6.07) is 13.0. The van der Waals surface area contributed by atoms with Crippen molar-refractivity contribution in [2.45, 2.75) is 27.7 Å². The Kier molecular flexibility index (Phi) is 6.13. The van der Waals surface area contributed by atoms with Crippen molar-refractivity contribution >= 4 is 45.9 Å². The van der Waals surface area contributed by atoms with E-state index in [1.807, 2.05) is 58.0 Å². The molecule has 0 atom stereocenters. The van der Waals surface area contributed by atoms with Crippen molar-refractivity contribution in [2.24, 2.45) is 0 Å². The van der Waals surface area contributed by atoms with Gasteiger partial charge in [0.2, 0.25) is 5.89 Å². The van der Waals surface area contributed by atoms with Gasteiger partial charge in [-0.2, -0.15) is 0 Å². The number of rotatable bonds is 5. The van der Waals surface area contributed by atoms with E-state index in [1.54, 1.807) is 12.1 Å². The lowest BCUT2D eigenvalue weighted by Gasteiger charge is -2.13. The Morgan fingerprint density at radius 3 is 2.47 bits per heavy atom. The van der Waals surface area contributed by atoms with Gasteiger partial charge in [0.15, 0.2) is 12.2 Å². The Hall–Kier alpha value is -3.02. The molecule has 7 heteroatoms. The number of aromatic nitrogens is 1. The van der Waals surface area contributed by atoms with Gasteiger partial charge in [-0.3, -0.25) is 4.79 Å². The average molecular weight is 469 g/mol. The number of benzene rings is 3. The van der Waals surface area contributed by atoms with Gasteiger partial charge in [0.05, 0.1) is 5.02 Å². The first-order valence-electron chi connectivity index (χ1n) is 10.1. The first kappa shape index (κ1) is 22.2. The first-order chi connectivity index (χ1) is 15.2. The minimum Gasteiger partial charge on any atom is -0.482 e. The third kappa shape index (κ3) is 4.59. The molecule has 0 aliphatic heterocycles. The zero-order valence-electron chi connectivity index (χ0n) is 18.2. The standard InChI is InChI=1S/C25H22Cl2N2O3/c1-13-5-6-17(25-29-21-8-14(2)15(3)9-22(21)32-25)10-20(13)28-23(30)12-31-24-16(4)7-18(26)11-19(24)27/h5-11H,12H2,1-4H3,(H,28,30). The molecular formula is C25H22Cl2N2O3. The second kappa shape index (κ2) is 8.85. The van der Waals surface area contributed by atoms with E-state index in [2.05, 4.69) is 10.3 Å². The maximum atomic E-state index is 12.5. The van der Waals surface area contributed by atoms with Crippen molar-refractivity contribution < 1.29 is 13.9 Å². The van der Waals surface area contributed by atoms with E-state index >= 15 is 0 Å². The van der Waals surface area contributed by atoms with Crippen LogP contribution in [0, 0.1) is 27.7 Å². The molecule has 0 fully saturated rings. The van der Waals surface area contributed by atoms with E-state index in [1.165, 1.54) is 0 Å². The summed E-state index contributed by atoms with van der Waals surface area (Å²) in [6.45, 7) is 7.63.